The largest absolute Gasteiger partial charge is 0.455 e. The molecular weight excluding hydrogens is 493 g/mol. The minimum atomic E-state index is -0.456. The Morgan fingerprint density at radius 1 is 1.04 bits per heavy atom. The van der Waals surface area contributed by atoms with E-state index in [4.69, 9.17) is 16.0 Å². The summed E-state index contributed by atoms with van der Waals surface area (Å²) in [7, 11) is 0. The highest BCUT2D eigenvalue weighted by molar-refractivity contribution is 14.1. The molecule has 0 spiro atoms. The van der Waals surface area contributed by atoms with Gasteiger partial charge in [-0.25, -0.2) is 5.43 Å². The van der Waals surface area contributed by atoms with E-state index in [2.05, 4.69) is 38.4 Å². The van der Waals surface area contributed by atoms with Gasteiger partial charge >= 0.3 is 0 Å². The lowest BCUT2D eigenvalue weighted by atomic mass is 10.2. The zero-order chi connectivity index (χ0) is 19.9. The lowest BCUT2D eigenvalue weighted by Gasteiger charge is -2.04. The third kappa shape index (κ3) is 5.67. The fourth-order valence-corrected chi connectivity index (χ4v) is 2.75. The Bertz CT molecular complexity index is 998. The van der Waals surface area contributed by atoms with Gasteiger partial charge in [-0.05, 0) is 71.1 Å². The van der Waals surface area contributed by atoms with Crippen molar-refractivity contribution in [1.29, 1.82) is 0 Å². The van der Waals surface area contributed by atoms with E-state index in [1.165, 1.54) is 6.21 Å². The van der Waals surface area contributed by atoms with E-state index in [0.29, 0.717) is 22.1 Å². The van der Waals surface area contributed by atoms with Crippen LogP contribution in [0.15, 0.2) is 70.2 Å². The second kappa shape index (κ2) is 9.52. The SMILES string of the molecule is O=C(CNC(=O)c1ccc(Cl)cc1)NN=Cc1ccc(-c2ccc(I)cc2)o1. The highest BCUT2D eigenvalue weighted by atomic mass is 127. The van der Waals surface area contributed by atoms with E-state index in [-0.39, 0.29) is 12.5 Å². The fraction of sp³-hybridized carbons (Fsp3) is 0.0500. The topological polar surface area (TPSA) is 83.7 Å². The Balaban J connectivity index is 1.48. The number of hydrogen-bond acceptors (Lipinski definition) is 4. The summed E-state index contributed by atoms with van der Waals surface area (Å²) < 4.78 is 6.81. The molecule has 3 rings (SSSR count). The molecule has 1 aromatic heterocycles. The molecule has 0 aliphatic carbocycles. The van der Waals surface area contributed by atoms with Crippen molar-refractivity contribution in [2.45, 2.75) is 0 Å². The highest BCUT2D eigenvalue weighted by Gasteiger charge is 2.07. The summed E-state index contributed by atoms with van der Waals surface area (Å²) in [6.07, 6.45) is 1.40. The van der Waals surface area contributed by atoms with Crippen molar-refractivity contribution in [2.24, 2.45) is 5.10 Å². The van der Waals surface area contributed by atoms with Gasteiger partial charge in [-0.1, -0.05) is 23.7 Å². The monoisotopic (exact) mass is 507 g/mol. The molecule has 8 heteroatoms. The lowest BCUT2D eigenvalue weighted by Crippen LogP contribution is -2.34. The Morgan fingerprint density at radius 3 is 2.46 bits per heavy atom. The van der Waals surface area contributed by atoms with Crippen molar-refractivity contribution in [3.63, 3.8) is 0 Å². The number of nitrogens with one attached hydrogen (secondary N) is 2. The number of hydrazone groups is 1. The molecule has 0 fully saturated rings. The summed E-state index contributed by atoms with van der Waals surface area (Å²) >= 11 is 8.01. The molecule has 142 valence electrons. The molecule has 0 saturated carbocycles. The van der Waals surface area contributed by atoms with Crippen LogP contribution in [0, 0.1) is 3.57 Å². The average Bonchev–Trinajstić information content (AvgIpc) is 3.16. The number of amides is 2. The maximum absolute atomic E-state index is 11.9. The van der Waals surface area contributed by atoms with Gasteiger partial charge in [0.25, 0.3) is 11.8 Å². The molecule has 28 heavy (non-hydrogen) atoms. The molecule has 2 aromatic carbocycles. The molecule has 0 aliphatic heterocycles. The summed E-state index contributed by atoms with van der Waals surface area (Å²) in [5, 5.41) is 6.88. The van der Waals surface area contributed by atoms with Crippen LogP contribution in [-0.2, 0) is 4.79 Å². The van der Waals surface area contributed by atoms with Crippen LogP contribution in [-0.4, -0.2) is 24.6 Å². The lowest BCUT2D eigenvalue weighted by molar-refractivity contribution is -0.120. The number of hydrogen-bond donors (Lipinski definition) is 2. The minimum absolute atomic E-state index is 0.204. The molecule has 2 amide bonds. The second-order valence-electron chi connectivity index (χ2n) is 5.69. The molecule has 0 aliphatic rings. The van der Waals surface area contributed by atoms with Gasteiger partial charge in [0.15, 0.2) is 0 Å². The third-order valence-electron chi connectivity index (χ3n) is 3.65. The molecule has 1 heterocycles. The zero-order valence-corrected chi connectivity index (χ0v) is 17.4. The van der Waals surface area contributed by atoms with Crippen molar-refractivity contribution in [2.75, 3.05) is 6.54 Å². The van der Waals surface area contributed by atoms with Crippen LogP contribution in [0.1, 0.15) is 16.1 Å². The van der Waals surface area contributed by atoms with E-state index >= 15 is 0 Å². The van der Waals surface area contributed by atoms with Crippen LogP contribution < -0.4 is 10.7 Å². The van der Waals surface area contributed by atoms with Crippen LogP contribution in [0.4, 0.5) is 0 Å². The van der Waals surface area contributed by atoms with Gasteiger partial charge in [-0.3, -0.25) is 9.59 Å². The Morgan fingerprint density at radius 2 is 1.75 bits per heavy atom. The molecule has 0 saturated heterocycles. The van der Waals surface area contributed by atoms with Gasteiger partial charge < -0.3 is 9.73 Å². The van der Waals surface area contributed by atoms with Crippen molar-refractivity contribution in [3.8, 4) is 11.3 Å². The molecule has 0 atom stereocenters. The first-order valence-corrected chi connectivity index (χ1v) is 9.68. The maximum atomic E-state index is 11.9. The van der Waals surface area contributed by atoms with Crippen LogP contribution in [0.3, 0.4) is 0 Å². The first kappa shape index (κ1) is 20.1. The van der Waals surface area contributed by atoms with E-state index in [1.54, 1.807) is 30.3 Å². The molecule has 3 aromatic rings. The van der Waals surface area contributed by atoms with E-state index in [1.807, 2.05) is 30.3 Å². The maximum Gasteiger partial charge on any atom is 0.259 e. The number of carbonyl (C=O) groups excluding carboxylic acids is 2. The number of benzene rings is 2. The van der Waals surface area contributed by atoms with Crippen molar-refractivity contribution >= 4 is 52.2 Å². The smallest absolute Gasteiger partial charge is 0.259 e. The number of halogens is 2. The zero-order valence-electron chi connectivity index (χ0n) is 14.5. The van der Waals surface area contributed by atoms with Crippen LogP contribution in [0.5, 0.6) is 0 Å². The highest BCUT2D eigenvalue weighted by Crippen LogP contribution is 2.22. The Labute approximate surface area is 180 Å². The summed E-state index contributed by atoms with van der Waals surface area (Å²) in [6, 6.07) is 17.9. The van der Waals surface area contributed by atoms with E-state index < -0.39 is 5.91 Å². The van der Waals surface area contributed by atoms with Crippen LogP contribution in [0.25, 0.3) is 11.3 Å². The Hall–Kier alpha value is -2.65. The van der Waals surface area contributed by atoms with E-state index in [9.17, 15) is 9.59 Å². The van der Waals surface area contributed by atoms with E-state index in [0.717, 1.165) is 9.13 Å². The number of carbonyl (C=O) groups is 2. The van der Waals surface area contributed by atoms with Gasteiger partial charge in [0, 0.05) is 19.7 Å². The van der Waals surface area contributed by atoms with Crippen molar-refractivity contribution in [3.05, 3.63) is 80.6 Å². The normalized spacial score (nSPS) is 10.8. The summed E-state index contributed by atoms with van der Waals surface area (Å²) in [5.41, 5.74) is 3.71. The molecule has 0 unspecified atom stereocenters. The summed E-state index contributed by atoms with van der Waals surface area (Å²) in [5.74, 6) is 0.380. The third-order valence-corrected chi connectivity index (χ3v) is 4.62. The van der Waals surface area contributed by atoms with Crippen molar-refractivity contribution < 1.29 is 14.0 Å². The summed E-state index contributed by atoms with van der Waals surface area (Å²) in [6.45, 7) is -0.204. The number of rotatable bonds is 6. The standard InChI is InChI=1S/C20H15ClIN3O3/c21-15-5-1-14(2-6-15)20(27)23-12-19(26)25-24-11-17-9-10-18(28-17)13-3-7-16(22)8-4-13/h1-11H,12H2,(H,23,27)(H,25,26). The second-order valence-corrected chi connectivity index (χ2v) is 7.37. The van der Waals surface area contributed by atoms with Gasteiger partial charge in [0.1, 0.15) is 11.5 Å². The predicted molar refractivity (Wildman–Crippen MR) is 116 cm³/mol. The minimum Gasteiger partial charge on any atom is -0.455 e. The van der Waals surface area contributed by atoms with Gasteiger partial charge in [-0.15, -0.1) is 0 Å². The molecule has 2 N–H and O–H groups in total. The summed E-state index contributed by atoms with van der Waals surface area (Å²) in [4.78, 5) is 23.7. The first-order chi connectivity index (χ1) is 13.5. The Kier molecular flexibility index (Phi) is 6.83. The average molecular weight is 508 g/mol. The van der Waals surface area contributed by atoms with Gasteiger partial charge in [0.05, 0.1) is 12.8 Å². The molecule has 0 radical (unpaired) electrons. The van der Waals surface area contributed by atoms with Gasteiger partial charge in [0.2, 0.25) is 0 Å². The number of nitrogens with zero attached hydrogens (tertiary/aromatic N) is 1. The van der Waals surface area contributed by atoms with Crippen LogP contribution >= 0.6 is 34.2 Å². The van der Waals surface area contributed by atoms with Gasteiger partial charge in [-0.2, -0.15) is 5.10 Å². The van der Waals surface area contributed by atoms with Crippen molar-refractivity contribution in [1.82, 2.24) is 10.7 Å². The molecule has 6 nitrogen and oxygen atoms in total. The van der Waals surface area contributed by atoms with Crippen LogP contribution in [0.2, 0.25) is 5.02 Å². The predicted octanol–water partition coefficient (Wildman–Crippen LogP) is 4.08. The quantitative estimate of drug-likeness (QED) is 0.300. The number of furan rings is 1. The first-order valence-electron chi connectivity index (χ1n) is 8.23. The molecular formula is C20H15ClIN3O3. The molecule has 0 bridgehead atoms. The fourth-order valence-electron chi connectivity index (χ4n) is 2.26.